The molecule has 0 bridgehead atoms. The lowest BCUT2D eigenvalue weighted by atomic mass is 9.84. The molecule has 0 aliphatic carbocycles. The summed E-state index contributed by atoms with van der Waals surface area (Å²) in [6.07, 6.45) is 10.0. The van der Waals surface area contributed by atoms with E-state index in [0.29, 0.717) is 17.4 Å². The summed E-state index contributed by atoms with van der Waals surface area (Å²) >= 11 is 3.00. The monoisotopic (exact) mass is 1140 g/mol. The van der Waals surface area contributed by atoms with Gasteiger partial charge < -0.3 is 41.3 Å². The molecule has 77 heavy (non-hydrogen) atoms. The SMILES string of the molecule is Cn1nnn(-c2cc(Nc3ncc(F)c(N[C@@H]4CC5CCCN5C(C)(C)C4)n3)c(F)cc2O)c1=O.Cn1nnn(-c2cc(Nc3ncc(F)c(N[C@@H]4CC5CCCN5C(C)(C)C4)n3)c(F)cc2OCCO)c1=O.OCCBr. The smallest absolute Gasteiger partial charge is 0.368 e. The highest BCUT2D eigenvalue weighted by Crippen LogP contribution is 2.41. The first-order chi connectivity index (χ1) is 36.7. The summed E-state index contributed by atoms with van der Waals surface area (Å²) in [4.78, 5) is 46.1. The zero-order chi connectivity index (χ0) is 55.3. The number of rotatable bonds is 14. The standard InChI is InChI=1S/C24H31F2N9O3.C22H27F2N9O2.C2H5BrO/c1-24(2)12-14(9-15-5-4-6-34(15)24)28-21-17(26)13-27-22(30-21)29-18-11-19(35-23(37)33(3)31-32-35)20(10-16(18)25)38-8-7-36;1-22(2)10-12(7-13-5-4-6-32(13)22)26-19-15(24)11-25-20(28-19)27-16-9-17(18(34)8-14(16)23)33-21(35)31(3)29-30-33;3-1-2-4/h10-11,13-15,36H,4-9,12H2,1-3H3,(H2,27,28,29,30);8-9,11-13,34H,4-7,10H2,1-3H3,(H2,25,26,27,28);4H,1-2H2/t14-,15?;12-,13?;/m11./s1. The number of benzene rings is 2. The van der Waals surface area contributed by atoms with Crippen molar-refractivity contribution in [1.29, 1.82) is 0 Å². The summed E-state index contributed by atoms with van der Waals surface area (Å²) < 4.78 is 68.1. The Balaban J connectivity index is 0.000000191. The number of fused-ring (bicyclic) bond motifs is 2. The van der Waals surface area contributed by atoms with Crippen molar-refractivity contribution in [3.8, 4) is 22.9 Å². The lowest BCUT2D eigenvalue weighted by Crippen LogP contribution is -2.55. The van der Waals surface area contributed by atoms with Gasteiger partial charge in [0, 0.05) is 66.8 Å². The third-order valence-corrected chi connectivity index (χ3v) is 14.4. The predicted octanol–water partition coefficient (Wildman–Crippen LogP) is 4.64. The molecular formula is C48H63BrF4N18O6. The van der Waals surface area contributed by atoms with E-state index in [1.165, 1.54) is 26.2 Å². The summed E-state index contributed by atoms with van der Waals surface area (Å²) in [6.45, 7) is 10.8. The quantitative estimate of drug-likeness (QED) is 0.0444. The molecule has 24 nitrogen and oxygen atoms in total. The molecule has 4 aliphatic rings. The van der Waals surface area contributed by atoms with Crippen LogP contribution in [0.1, 0.15) is 79.1 Å². The fourth-order valence-electron chi connectivity index (χ4n) is 10.7. The van der Waals surface area contributed by atoms with E-state index in [4.69, 9.17) is 14.9 Å². The van der Waals surface area contributed by atoms with Gasteiger partial charge in [0.1, 0.15) is 29.5 Å². The number of phenolic OH excluding ortho intramolecular Hbond substituents is 1. The van der Waals surface area contributed by atoms with E-state index >= 15 is 4.39 Å². The lowest BCUT2D eigenvalue weighted by molar-refractivity contribution is 0.0498. The first kappa shape index (κ1) is 56.4. The minimum absolute atomic E-state index is 0.00828. The number of aromatic nitrogens is 12. The van der Waals surface area contributed by atoms with E-state index in [2.05, 4.69) is 115 Å². The Morgan fingerprint density at radius 2 is 1.13 bits per heavy atom. The van der Waals surface area contributed by atoms with Crippen molar-refractivity contribution in [3.63, 3.8) is 0 Å². The molecule has 0 spiro atoms. The minimum Gasteiger partial charge on any atom is -0.506 e. The number of hydrogen-bond acceptors (Lipinski definition) is 20. The average molecular weight is 1140 g/mol. The van der Waals surface area contributed by atoms with Crippen molar-refractivity contribution in [3.05, 3.63) is 80.9 Å². The van der Waals surface area contributed by atoms with E-state index in [1.54, 1.807) is 0 Å². The second kappa shape index (κ2) is 23.8. The molecule has 7 N–H and O–H groups in total. The number of anilines is 6. The van der Waals surface area contributed by atoms with Gasteiger partial charge >= 0.3 is 11.4 Å². The molecule has 4 atom stereocenters. The highest BCUT2D eigenvalue weighted by Gasteiger charge is 2.44. The first-order valence-electron chi connectivity index (χ1n) is 25.1. The second-order valence-corrected chi connectivity index (χ2v) is 21.2. The molecule has 2 aromatic carbocycles. The van der Waals surface area contributed by atoms with Crippen LogP contribution in [0.25, 0.3) is 11.4 Å². The zero-order valence-corrected chi connectivity index (χ0v) is 45.0. The van der Waals surface area contributed by atoms with Crippen molar-refractivity contribution >= 4 is 50.8 Å². The van der Waals surface area contributed by atoms with Gasteiger partial charge in [0.25, 0.3) is 0 Å². The fourth-order valence-corrected chi connectivity index (χ4v) is 10.7. The Morgan fingerprint density at radius 3 is 1.57 bits per heavy atom. The molecule has 4 saturated heterocycles. The van der Waals surface area contributed by atoms with E-state index in [9.17, 15) is 27.9 Å². The Morgan fingerprint density at radius 1 is 0.675 bits per heavy atom. The van der Waals surface area contributed by atoms with Crippen LogP contribution in [0.15, 0.2) is 46.2 Å². The van der Waals surface area contributed by atoms with Crippen LogP contribution in [-0.2, 0) is 14.1 Å². The van der Waals surface area contributed by atoms with Gasteiger partial charge in [0.05, 0.1) is 37.0 Å². The Labute approximate surface area is 448 Å². The van der Waals surface area contributed by atoms with E-state index in [1.807, 2.05) is 0 Å². The largest absolute Gasteiger partial charge is 0.506 e. The molecule has 0 radical (unpaired) electrons. The number of aromatic hydroxyl groups is 1. The number of aliphatic hydroxyl groups excluding tert-OH is 2. The minimum atomic E-state index is -0.819. The van der Waals surface area contributed by atoms with Gasteiger partial charge in [-0.15, -0.1) is 0 Å². The molecule has 8 heterocycles. The molecule has 4 fully saturated rings. The van der Waals surface area contributed by atoms with Crippen LogP contribution in [0.4, 0.5) is 52.5 Å². The van der Waals surface area contributed by atoms with Gasteiger partial charge in [-0.2, -0.15) is 28.7 Å². The zero-order valence-electron chi connectivity index (χ0n) is 43.4. The Bertz CT molecular complexity index is 3160. The van der Waals surface area contributed by atoms with Gasteiger partial charge in [0.15, 0.2) is 34.9 Å². The number of ether oxygens (including phenoxy) is 1. The van der Waals surface area contributed by atoms with Crippen LogP contribution in [-0.4, -0.2) is 158 Å². The number of aryl methyl sites for hydroxylation is 2. The third kappa shape index (κ3) is 12.8. The second-order valence-electron chi connectivity index (χ2n) is 20.4. The third-order valence-electron chi connectivity index (χ3n) is 14.0. The molecule has 4 aliphatic heterocycles. The van der Waals surface area contributed by atoms with Crippen LogP contribution in [0.2, 0.25) is 0 Å². The van der Waals surface area contributed by atoms with E-state index in [0.717, 1.165) is 108 Å². The van der Waals surface area contributed by atoms with Crippen LogP contribution in [0, 0.1) is 23.3 Å². The molecule has 10 rings (SSSR count). The van der Waals surface area contributed by atoms with Gasteiger partial charge in [-0.05, 0) is 125 Å². The molecule has 29 heteroatoms. The predicted molar refractivity (Wildman–Crippen MR) is 280 cm³/mol. The van der Waals surface area contributed by atoms with Gasteiger partial charge in [0.2, 0.25) is 11.9 Å². The summed E-state index contributed by atoms with van der Waals surface area (Å²) in [6, 6.07) is 5.30. The molecule has 4 aromatic heterocycles. The van der Waals surface area contributed by atoms with Crippen molar-refractivity contribution < 1.29 is 37.6 Å². The van der Waals surface area contributed by atoms with Gasteiger partial charge in [-0.1, -0.05) is 15.9 Å². The molecule has 416 valence electrons. The number of halogens is 5. The van der Waals surface area contributed by atoms with E-state index < -0.39 is 40.4 Å². The topological polar surface area (TPSA) is 282 Å². The van der Waals surface area contributed by atoms with Crippen LogP contribution in [0.5, 0.6) is 11.5 Å². The molecular weight excluding hydrogens is 1080 g/mol. The van der Waals surface area contributed by atoms with Gasteiger partial charge in [-0.3, -0.25) is 9.80 Å². The molecule has 0 amide bonds. The van der Waals surface area contributed by atoms with Crippen LogP contribution < -0.4 is 37.4 Å². The number of phenols is 1. The number of aliphatic hydroxyl groups is 2. The molecule has 2 unspecified atom stereocenters. The molecule has 0 saturated carbocycles. The van der Waals surface area contributed by atoms with Crippen molar-refractivity contribution in [2.24, 2.45) is 14.1 Å². The average Bonchev–Trinajstić information content (AvgIpc) is 4.21. The van der Waals surface area contributed by atoms with Crippen LogP contribution in [0.3, 0.4) is 0 Å². The van der Waals surface area contributed by atoms with Crippen molar-refractivity contribution in [2.75, 3.05) is 59.5 Å². The maximum Gasteiger partial charge on any atom is 0.368 e. The number of hydrogen-bond donors (Lipinski definition) is 7. The summed E-state index contributed by atoms with van der Waals surface area (Å²) in [7, 11) is 2.81. The lowest BCUT2D eigenvalue weighted by Gasteiger charge is -2.47. The number of piperidine rings is 2. The summed E-state index contributed by atoms with van der Waals surface area (Å²) in [5.41, 5.74) is -1.45. The van der Waals surface area contributed by atoms with Crippen LogP contribution >= 0.6 is 15.9 Å². The summed E-state index contributed by atoms with van der Waals surface area (Å²) in [5, 5.41) is 54.4. The highest BCUT2D eigenvalue weighted by molar-refractivity contribution is 9.09. The maximum absolute atomic E-state index is 15.0. The van der Waals surface area contributed by atoms with Crippen molar-refractivity contribution in [1.82, 2.24) is 69.3 Å². The Kier molecular flexibility index (Phi) is 17.4. The number of nitrogens with zero attached hydrogens (tertiary/aromatic N) is 14. The fraction of sp³-hybridized carbons (Fsp3) is 0.542. The maximum atomic E-state index is 15.0. The number of alkyl halides is 1. The number of tetrazole rings is 2. The van der Waals surface area contributed by atoms with Crippen molar-refractivity contribution in [2.45, 2.75) is 114 Å². The normalized spacial score (nSPS) is 20.5. The Hall–Kier alpha value is -6.82. The highest BCUT2D eigenvalue weighted by atomic mass is 79.9. The summed E-state index contributed by atoms with van der Waals surface area (Å²) in [5.74, 6) is -3.32. The molecule has 6 aromatic rings. The number of nitrogens with one attached hydrogen (secondary N) is 4. The van der Waals surface area contributed by atoms with Gasteiger partial charge in [-0.25, -0.2) is 37.1 Å². The first-order valence-corrected chi connectivity index (χ1v) is 26.2. The van der Waals surface area contributed by atoms with E-state index in [-0.39, 0.29) is 95.0 Å².